The van der Waals surface area contributed by atoms with Crippen molar-refractivity contribution in [2.24, 2.45) is 0 Å². The predicted molar refractivity (Wildman–Crippen MR) is 123 cm³/mol. The SMILES string of the molecule is Cc1ccc(NS(=O)(=O)c2ccc(OCC(=O)Nc3cccc(Cl)c3C)cc2)cc1C. The van der Waals surface area contributed by atoms with Crippen molar-refractivity contribution in [3.63, 3.8) is 0 Å². The number of benzene rings is 3. The fraction of sp³-hybridized carbons (Fsp3) is 0.174. The molecule has 0 saturated heterocycles. The molecular weight excluding hydrogens is 436 g/mol. The van der Waals surface area contributed by atoms with E-state index < -0.39 is 10.0 Å². The van der Waals surface area contributed by atoms with Crippen LogP contribution in [0.1, 0.15) is 16.7 Å². The van der Waals surface area contributed by atoms with Gasteiger partial charge in [0.2, 0.25) is 0 Å². The molecule has 0 unspecified atom stereocenters. The van der Waals surface area contributed by atoms with Crippen LogP contribution in [0.25, 0.3) is 0 Å². The zero-order valence-electron chi connectivity index (χ0n) is 17.4. The summed E-state index contributed by atoms with van der Waals surface area (Å²) in [5.41, 5.74) is 3.95. The quantitative estimate of drug-likeness (QED) is 0.516. The molecule has 0 bridgehead atoms. The molecule has 0 aromatic heterocycles. The maximum atomic E-state index is 12.6. The minimum atomic E-state index is -3.74. The minimum absolute atomic E-state index is 0.0945. The number of sulfonamides is 1. The highest BCUT2D eigenvalue weighted by Gasteiger charge is 2.15. The zero-order chi connectivity index (χ0) is 22.6. The Bertz CT molecular complexity index is 1210. The molecule has 0 saturated carbocycles. The molecule has 0 aliphatic carbocycles. The summed E-state index contributed by atoms with van der Waals surface area (Å²) in [6, 6.07) is 16.5. The first kappa shape index (κ1) is 22.7. The average molecular weight is 459 g/mol. The Balaban J connectivity index is 1.61. The van der Waals surface area contributed by atoms with E-state index in [9.17, 15) is 13.2 Å². The van der Waals surface area contributed by atoms with E-state index in [0.29, 0.717) is 22.1 Å². The number of hydrogen-bond acceptors (Lipinski definition) is 4. The molecule has 0 aliphatic rings. The van der Waals surface area contributed by atoms with Crippen molar-refractivity contribution in [3.8, 4) is 5.75 Å². The van der Waals surface area contributed by atoms with Crippen molar-refractivity contribution >= 4 is 38.9 Å². The number of ether oxygens (including phenoxy) is 1. The Morgan fingerprint density at radius 3 is 2.35 bits per heavy atom. The van der Waals surface area contributed by atoms with Crippen molar-refractivity contribution in [2.75, 3.05) is 16.6 Å². The molecule has 1 amide bonds. The van der Waals surface area contributed by atoms with Crippen molar-refractivity contribution in [3.05, 3.63) is 82.4 Å². The number of carbonyl (C=O) groups is 1. The highest BCUT2D eigenvalue weighted by molar-refractivity contribution is 7.92. The van der Waals surface area contributed by atoms with Gasteiger partial charge in [0.25, 0.3) is 15.9 Å². The Kier molecular flexibility index (Phi) is 6.87. The van der Waals surface area contributed by atoms with Crippen LogP contribution >= 0.6 is 11.6 Å². The lowest BCUT2D eigenvalue weighted by Gasteiger charge is -2.12. The number of halogens is 1. The molecule has 0 fully saturated rings. The molecule has 31 heavy (non-hydrogen) atoms. The normalized spacial score (nSPS) is 11.1. The second-order valence-corrected chi connectivity index (χ2v) is 9.21. The molecule has 3 aromatic rings. The summed E-state index contributed by atoms with van der Waals surface area (Å²) in [5.74, 6) is 0.0292. The molecule has 0 heterocycles. The van der Waals surface area contributed by atoms with E-state index in [2.05, 4.69) is 10.0 Å². The van der Waals surface area contributed by atoms with Gasteiger partial charge in [-0.2, -0.15) is 0 Å². The Hall–Kier alpha value is -3.03. The number of rotatable bonds is 7. The molecule has 0 radical (unpaired) electrons. The van der Waals surface area contributed by atoms with Gasteiger partial charge in [0.1, 0.15) is 5.75 Å². The summed E-state index contributed by atoms with van der Waals surface area (Å²) in [7, 11) is -3.74. The second-order valence-electron chi connectivity index (χ2n) is 7.13. The first-order valence-corrected chi connectivity index (χ1v) is 11.4. The molecule has 162 valence electrons. The van der Waals surface area contributed by atoms with Gasteiger partial charge in [0.05, 0.1) is 4.90 Å². The third kappa shape index (κ3) is 5.77. The molecular formula is C23H23ClN2O4S. The van der Waals surface area contributed by atoms with E-state index in [1.54, 1.807) is 30.3 Å². The van der Waals surface area contributed by atoms with E-state index in [1.807, 2.05) is 26.8 Å². The van der Waals surface area contributed by atoms with Crippen LogP contribution in [0, 0.1) is 20.8 Å². The zero-order valence-corrected chi connectivity index (χ0v) is 19.0. The molecule has 3 rings (SSSR count). The van der Waals surface area contributed by atoms with Crippen LogP contribution in [0.5, 0.6) is 5.75 Å². The van der Waals surface area contributed by atoms with Crippen molar-refractivity contribution < 1.29 is 17.9 Å². The number of carbonyl (C=O) groups excluding carboxylic acids is 1. The lowest BCUT2D eigenvalue weighted by atomic mass is 10.1. The lowest BCUT2D eigenvalue weighted by molar-refractivity contribution is -0.118. The van der Waals surface area contributed by atoms with Crippen molar-refractivity contribution in [1.29, 1.82) is 0 Å². The highest BCUT2D eigenvalue weighted by atomic mass is 35.5. The Labute approximate surface area is 187 Å². The summed E-state index contributed by atoms with van der Waals surface area (Å²) in [6.45, 7) is 5.47. The summed E-state index contributed by atoms with van der Waals surface area (Å²) in [5, 5.41) is 3.30. The predicted octanol–water partition coefficient (Wildman–Crippen LogP) is 5.08. The van der Waals surface area contributed by atoms with E-state index in [4.69, 9.17) is 16.3 Å². The van der Waals surface area contributed by atoms with Gasteiger partial charge in [-0.05, 0) is 86.0 Å². The van der Waals surface area contributed by atoms with Crippen LogP contribution in [0.3, 0.4) is 0 Å². The molecule has 0 aliphatic heterocycles. The van der Waals surface area contributed by atoms with E-state index >= 15 is 0 Å². The van der Waals surface area contributed by atoms with Crippen LogP contribution < -0.4 is 14.8 Å². The minimum Gasteiger partial charge on any atom is -0.484 e. The van der Waals surface area contributed by atoms with Gasteiger partial charge in [-0.1, -0.05) is 23.7 Å². The van der Waals surface area contributed by atoms with Gasteiger partial charge in [0.15, 0.2) is 6.61 Å². The average Bonchev–Trinajstić information content (AvgIpc) is 2.73. The molecule has 0 spiro atoms. The number of aryl methyl sites for hydroxylation is 2. The fourth-order valence-corrected chi connectivity index (χ4v) is 4.04. The third-order valence-corrected chi connectivity index (χ3v) is 6.61. The summed E-state index contributed by atoms with van der Waals surface area (Å²) >= 11 is 6.05. The van der Waals surface area contributed by atoms with Crippen molar-refractivity contribution in [1.82, 2.24) is 0 Å². The van der Waals surface area contributed by atoms with Gasteiger partial charge in [-0.15, -0.1) is 0 Å². The second kappa shape index (κ2) is 9.41. The monoisotopic (exact) mass is 458 g/mol. The van der Waals surface area contributed by atoms with Crippen LogP contribution in [-0.2, 0) is 14.8 Å². The molecule has 8 heteroatoms. The van der Waals surface area contributed by atoms with Crippen molar-refractivity contribution in [2.45, 2.75) is 25.7 Å². The first-order chi connectivity index (χ1) is 14.7. The first-order valence-electron chi connectivity index (χ1n) is 9.53. The van der Waals surface area contributed by atoms with E-state index in [-0.39, 0.29) is 17.4 Å². The Morgan fingerprint density at radius 2 is 1.68 bits per heavy atom. The van der Waals surface area contributed by atoms with Gasteiger partial charge in [-0.3, -0.25) is 9.52 Å². The maximum absolute atomic E-state index is 12.6. The maximum Gasteiger partial charge on any atom is 0.262 e. The van der Waals surface area contributed by atoms with Crippen LogP contribution in [0.2, 0.25) is 5.02 Å². The standard InChI is InChI=1S/C23H23ClN2O4S/c1-15-7-8-18(13-16(15)2)26-31(28,29)20-11-9-19(10-12-20)30-14-23(27)25-22-6-4-5-21(24)17(22)3/h4-13,26H,14H2,1-3H3,(H,25,27). The number of nitrogens with one attached hydrogen (secondary N) is 2. The molecule has 2 N–H and O–H groups in total. The smallest absolute Gasteiger partial charge is 0.262 e. The van der Waals surface area contributed by atoms with Crippen LogP contribution in [-0.4, -0.2) is 20.9 Å². The van der Waals surface area contributed by atoms with Crippen LogP contribution in [0.15, 0.2) is 65.6 Å². The highest BCUT2D eigenvalue weighted by Crippen LogP contribution is 2.23. The molecule has 6 nitrogen and oxygen atoms in total. The topological polar surface area (TPSA) is 84.5 Å². The summed E-state index contributed by atoms with van der Waals surface area (Å²) in [4.78, 5) is 12.2. The van der Waals surface area contributed by atoms with E-state index in [1.165, 1.54) is 24.3 Å². The van der Waals surface area contributed by atoms with Gasteiger partial charge < -0.3 is 10.1 Å². The Morgan fingerprint density at radius 1 is 0.968 bits per heavy atom. The summed E-state index contributed by atoms with van der Waals surface area (Å²) in [6.07, 6.45) is 0. The molecule has 3 aromatic carbocycles. The van der Waals surface area contributed by atoms with Gasteiger partial charge in [-0.25, -0.2) is 8.42 Å². The number of hydrogen-bond donors (Lipinski definition) is 2. The van der Waals surface area contributed by atoms with Gasteiger partial charge in [0, 0.05) is 16.4 Å². The van der Waals surface area contributed by atoms with Crippen LogP contribution in [0.4, 0.5) is 11.4 Å². The largest absolute Gasteiger partial charge is 0.484 e. The van der Waals surface area contributed by atoms with E-state index in [0.717, 1.165) is 16.7 Å². The number of anilines is 2. The summed E-state index contributed by atoms with van der Waals surface area (Å²) < 4.78 is 33.3. The van der Waals surface area contributed by atoms with Gasteiger partial charge >= 0.3 is 0 Å². The lowest BCUT2D eigenvalue weighted by Crippen LogP contribution is -2.20. The fourth-order valence-electron chi connectivity index (χ4n) is 2.81. The molecule has 0 atom stereocenters. The third-order valence-electron chi connectivity index (χ3n) is 4.80. The number of amides is 1.